The predicted octanol–water partition coefficient (Wildman–Crippen LogP) is -2.47. The molecule has 13 nitrogen and oxygen atoms in total. The van der Waals surface area contributed by atoms with Gasteiger partial charge in [-0.05, 0) is 62.8 Å². The third-order valence-corrected chi connectivity index (χ3v) is 10.1. The van der Waals surface area contributed by atoms with Crippen LogP contribution in [0.15, 0.2) is 30.3 Å². The van der Waals surface area contributed by atoms with Gasteiger partial charge in [0.1, 0.15) is 24.4 Å². The van der Waals surface area contributed by atoms with Crippen LogP contribution in [0.4, 0.5) is 0 Å². The van der Waals surface area contributed by atoms with E-state index in [0.29, 0.717) is 19.3 Å². The van der Waals surface area contributed by atoms with E-state index in [1.54, 1.807) is 13.8 Å². The molecule has 0 radical (unpaired) electrons. The normalized spacial score (nSPS) is 21.6. The Morgan fingerprint density at radius 2 is 1.54 bits per heavy atom. The maximum absolute atomic E-state index is 13.6. The van der Waals surface area contributed by atoms with Crippen molar-refractivity contribution in [1.29, 1.82) is 0 Å². The van der Waals surface area contributed by atoms with E-state index < -0.39 is 78.1 Å². The molecule has 2 amide bonds. The van der Waals surface area contributed by atoms with E-state index in [2.05, 4.69) is 19.2 Å². The molecule has 1 aliphatic heterocycles. The van der Waals surface area contributed by atoms with Gasteiger partial charge in [0.25, 0.3) is 0 Å². The zero-order valence-corrected chi connectivity index (χ0v) is 41.9. The van der Waals surface area contributed by atoms with Gasteiger partial charge >= 0.3 is 103 Å². The molecule has 2 rings (SSSR count). The SMILES string of the molecule is [CH2-]C(C)(C)NC(=O)C(CCC(CCc1ccccc1)C(=O)[O-])CC(OC1C(O)C(CCOC(CC)CO)OC(OCCCCCCCCCC)C1O)C(N)=O.[K+].[K+]. The fourth-order valence-corrected chi connectivity index (χ4v) is 6.77. The zero-order chi connectivity index (χ0) is 40.8. The molecule has 0 saturated carbocycles. The second kappa shape index (κ2) is 32.3. The summed E-state index contributed by atoms with van der Waals surface area (Å²) in [4.78, 5) is 38.7. The second-order valence-electron chi connectivity index (χ2n) is 15.7. The van der Waals surface area contributed by atoms with Crippen LogP contribution in [-0.4, -0.2) is 101 Å². The van der Waals surface area contributed by atoms with Gasteiger partial charge in [-0.15, -0.1) is 0 Å². The number of unbranched alkanes of at least 4 members (excludes halogenated alkanes) is 7. The van der Waals surface area contributed by atoms with Gasteiger partial charge in [0.2, 0.25) is 11.8 Å². The number of nitrogens with two attached hydrogens (primary N) is 1. The molecule has 0 spiro atoms. The standard InChI is InChI=1S/C42H71N2O11.2K/c1-6-8-9-10-11-12-13-17-25-53-41-36(47)37(35(46)33(55-41)24-26-52-32(7-2)28-45)54-34(38(43)48)27-31(39(49)44-42(3,4)5)23-22-30(40(50)51)21-20-29-18-15-14-16-19-29;;/h14-16,18-19,30-37,41,45-47H,3,6-13,17,20-28H2,1-2,4-5H3,(H2,43,48)(H,44,49)(H,50,51);;/q-1;2*+1/p-1. The summed E-state index contributed by atoms with van der Waals surface area (Å²) in [6.45, 7) is 11.6. The molecule has 15 heteroatoms. The van der Waals surface area contributed by atoms with E-state index in [0.717, 1.165) is 31.2 Å². The van der Waals surface area contributed by atoms with Crippen molar-refractivity contribution in [2.24, 2.45) is 17.6 Å². The Bertz CT molecular complexity index is 1220. The third-order valence-electron chi connectivity index (χ3n) is 10.1. The van der Waals surface area contributed by atoms with Crippen molar-refractivity contribution in [3.8, 4) is 0 Å². The molecule has 1 fully saturated rings. The summed E-state index contributed by atoms with van der Waals surface area (Å²) in [6.07, 6.45) is 1.83. The van der Waals surface area contributed by atoms with Gasteiger partial charge in [-0.3, -0.25) is 9.59 Å². The average Bonchev–Trinajstić information content (AvgIpc) is 3.13. The summed E-state index contributed by atoms with van der Waals surface area (Å²) < 4.78 is 23.9. The molecule has 6 N–H and O–H groups in total. The van der Waals surface area contributed by atoms with Crippen molar-refractivity contribution >= 4 is 17.8 Å². The monoisotopic (exact) mass is 856 g/mol. The number of rotatable bonds is 30. The number of aryl methyl sites for hydroxylation is 1. The van der Waals surface area contributed by atoms with Crippen LogP contribution in [0.25, 0.3) is 0 Å². The summed E-state index contributed by atoms with van der Waals surface area (Å²) in [5.74, 6) is -4.44. The Balaban J connectivity index is 0.0000157. The van der Waals surface area contributed by atoms with Crippen molar-refractivity contribution in [1.82, 2.24) is 5.32 Å². The number of carboxylic acid groups (broad SMARTS) is 1. The van der Waals surface area contributed by atoms with Crippen molar-refractivity contribution in [2.75, 3.05) is 19.8 Å². The molecule has 0 aliphatic carbocycles. The number of carbonyl (C=O) groups excluding carboxylic acids is 3. The molecule has 9 atom stereocenters. The summed E-state index contributed by atoms with van der Waals surface area (Å²) in [6, 6.07) is 9.45. The molecule has 0 bridgehead atoms. The zero-order valence-electron chi connectivity index (χ0n) is 35.7. The first kappa shape index (κ1) is 57.6. The van der Waals surface area contributed by atoms with Gasteiger partial charge in [0.15, 0.2) is 6.29 Å². The quantitative estimate of drug-likeness (QED) is 0.0311. The first-order chi connectivity index (χ1) is 26.2. The third kappa shape index (κ3) is 23.6. The number of aliphatic carboxylic acids is 1. The minimum Gasteiger partial charge on any atom is -0.550 e. The van der Waals surface area contributed by atoms with Crippen LogP contribution >= 0.6 is 0 Å². The maximum Gasteiger partial charge on any atom is 1.00 e. The molecule has 0 aromatic heterocycles. The Hall–Kier alpha value is 0.623. The topological polar surface area (TPSA) is 210 Å². The Kier molecular flexibility index (Phi) is 32.7. The van der Waals surface area contributed by atoms with Crippen molar-refractivity contribution in [3.63, 3.8) is 0 Å². The summed E-state index contributed by atoms with van der Waals surface area (Å²) in [7, 11) is 0. The van der Waals surface area contributed by atoms with Crippen LogP contribution in [0.1, 0.15) is 123 Å². The van der Waals surface area contributed by atoms with Gasteiger partial charge in [0, 0.05) is 25.1 Å². The first-order valence-electron chi connectivity index (χ1n) is 20.4. The second-order valence-corrected chi connectivity index (χ2v) is 15.7. The summed E-state index contributed by atoms with van der Waals surface area (Å²) in [5.41, 5.74) is 5.93. The smallest absolute Gasteiger partial charge is 0.550 e. The minimum atomic E-state index is -1.52. The Morgan fingerprint density at radius 1 is 0.930 bits per heavy atom. The number of hydrogen-bond donors (Lipinski definition) is 5. The van der Waals surface area contributed by atoms with E-state index in [4.69, 9.17) is 24.7 Å². The van der Waals surface area contributed by atoms with E-state index in [1.807, 2.05) is 37.3 Å². The number of nitrogens with one attached hydrogen (secondary N) is 1. The number of primary amides is 1. The first-order valence-corrected chi connectivity index (χ1v) is 20.4. The number of carbonyl (C=O) groups is 3. The van der Waals surface area contributed by atoms with Crippen molar-refractivity contribution in [2.45, 2.75) is 172 Å². The summed E-state index contributed by atoms with van der Waals surface area (Å²) >= 11 is 0. The number of aliphatic hydroxyl groups excluding tert-OH is 3. The van der Waals surface area contributed by atoms with Crippen LogP contribution in [0.5, 0.6) is 0 Å². The van der Waals surface area contributed by atoms with Crippen molar-refractivity contribution in [3.05, 3.63) is 42.8 Å². The number of aliphatic hydroxyl groups is 3. The molecule has 1 aromatic carbocycles. The molecule has 1 saturated heterocycles. The van der Waals surface area contributed by atoms with Crippen molar-refractivity contribution < 1.29 is 157 Å². The maximum atomic E-state index is 13.6. The molecule has 1 aromatic rings. The van der Waals surface area contributed by atoms with Gasteiger partial charge in [-0.2, -0.15) is 0 Å². The number of ether oxygens (including phenoxy) is 4. The number of amides is 2. The molecular weight excluding hydrogens is 787 g/mol. The molecule has 57 heavy (non-hydrogen) atoms. The minimum absolute atomic E-state index is 0. The summed E-state index contributed by atoms with van der Waals surface area (Å²) in [5, 5.41) is 47.4. The fourth-order valence-electron chi connectivity index (χ4n) is 6.77. The molecule has 9 unspecified atom stereocenters. The number of hydrogen-bond acceptors (Lipinski definition) is 11. The Labute approximate surface area is 426 Å². The van der Waals surface area contributed by atoms with Gasteiger partial charge in [-0.25, -0.2) is 0 Å². The van der Waals surface area contributed by atoms with E-state index in [-0.39, 0.29) is 148 Å². The van der Waals surface area contributed by atoms with Crippen LogP contribution in [0.3, 0.4) is 0 Å². The van der Waals surface area contributed by atoms with Crippen LogP contribution in [-0.2, 0) is 39.8 Å². The molecule has 316 valence electrons. The Morgan fingerprint density at radius 3 is 2.11 bits per heavy atom. The van der Waals surface area contributed by atoms with E-state index in [1.165, 1.54) is 25.7 Å². The van der Waals surface area contributed by atoms with Crippen LogP contribution < -0.4 is 119 Å². The van der Waals surface area contributed by atoms with Crippen LogP contribution in [0, 0.1) is 18.8 Å². The van der Waals surface area contributed by atoms with Gasteiger partial charge < -0.3 is 62.1 Å². The fraction of sp³-hybridized carbons (Fsp3) is 0.762. The molecule has 1 heterocycles. The predicted molar refractivity (Wildman–Crippen MR) is 207 cm³/mol. The number of benzene rings is 1. The molecule has 1 aliphatic rings. The van der Waals surface area contributed by atoms with Gasteiger partial charge in [0.05, 0.1) is 18.8 Å². The van der Waals surface area contributed by atoms with E-state index >= 15 is 0 Å². The van der Waals surface area contributed by atoms with Crippen LogP contribution in [0.2, 0.25) is 0 Å². The average molecular weight is 857 g/mol. The molecular formula is C42H70K2N2O11. The largest absolute Gasteiger partial charge is 1.00 e. The van der Waals surface area contributed by atoms with Gasteiger partial charge in [-0.1, -0.05) is 109 Å². The van der Waals surface area contributed by atoms with E-state index in [9.17, 15) is 34.8 Å². The number of carboxylic acids is 1.